The fraction of sp³-hybridized carbons (Fsp3) is 0.417. The Balaban J connectivity index is 1.28. The number of hydrogen-bond acceptors (Lipinski definition) is 6. The lowest BCUT2D eigenvalue weighted by atomic mass is 8.61. The molecule has 2 aromatic heterocycles. The van der Waals surface area contributed by atoms with E-state index < -0.39 is 18.1 Å². The van der Waals surface area contributed by atoms with Gasteiger partial charge in [0.25, 0.3) is 0 Å². The fourth-order valence-electron chi connectivity index (χ4n) is 6.98. The summed E-state index contributed by atoms with van der Waals surface area (Å²) in [5.74, 6) is 0.138. The second kappa shape index (κ2) is 12.9. The van der Waals surface area contributed by atoms with E-state index in [2.05, 4.69) is 51.3 Å². The monoisotopic (exact) mass is 572 g/mol. The van der Waals surface area contributed by atoms with Crippen LogP contribution >= 0.6 is 0 Å². The summed E-state index contributed by atoms with van der Waals surface area (Å²) >= 11 is 0. The Bertz CT molecular complexity index is 1530. The number of alkyl halides is 1. The second-order valence-electron chi connectivity index (χ2n) is 12.8. The number of ketones is 1. The number of carbonyl (C=O) groups is 3. The van der Waals surface area contributed by atoms with Crippen molar-refractivity contribution in [1.29, 1.82) is 0 Å². The fourth-order valence-corrected chi connectivity index (χ4v) is 6.98. The summed E-state index contributed by atoms with van der Waals surface area (Å²) < 4.78 is 16.1. The Morgan fingerprint density at radius 1 is 1.19 bits per heavy atom. The van der Waals surface area contributed by atoms with Gasteiger partial charge >= 0.3 is 0 Å². The minimum absolute atomic E-state index is 0.0202. The third-order valence-electron chi connectivity index (χ3n) is 9.44. The lowest BCUT2D eigenvalue weighted by Crippen LogP contribution is -2.59. The van der Waals surface area contributed by atoms with E-state index in [1.54, 1.807) is 25.4 Å². The van der Waals surface area contributed by atoms with Crippen LogP contribution in [0.25, 0.3) is 22.0 Å². The van der Waals surface area contributed by atoms with Crippen LogP contribution in [0.5, 0.6) is 0 Å². The van der Waals surface area contributed by atoms with E-state index in [4.69, 9.17) is 0 Å². The number of aromatic nitrogens is 4. The highest BCUT2D eigenvalue weighted by Gasteiger charge is 2.50. The lowest BCUT2D eigenvalue weighted by molar-refractivity contribution is -0.139. The molecule has 0 radical (unpaired) electrons. The number of Topliss-reactive ketones (excluding diaryl/α,β-unsaturated/α-hetero) is 1. The molecule has 1 aromatic carbocycles. The van der Waals surface area contributed by atoms with E-state index in [1.165, 1.54) is 16.5 Å². The van der Waals surface area contributed by atoms with E-state index >= 15 is 0 Å². The number of halogens is 1. The molecule has 2 aliphatic rings. The van der Waals surface area contributed by atoms with E-state index in [9.17, 15) is 18.8 Å². The van der Waals surface area contributed by atoms with Crippen LogP contribution in [-0.4, -0.2) is 131 Å². The smallest absolute Gasteiger partial charge is 0.245 e. The summed E-state index contributed by atoms with van der Waals surface area (Å²) in [6.07, 6.45) is 5.07. The number of aryl methyl sites for hydroxylation is 1. The molecule has 212 valence electrons. The minimum Gasteiger partial charge on any atom is -0.355 e. The van der Waals surface area contributed by atoms with E-state index in [1.807, 2.05) is 12.1 Å². The Morgan fingerprint density at radius 3 is 2.56 bits per heavy atom. The predicted octanol–water partition coefficient (Wildman–Crippen LogP) is -3.47. The van der Waals surface area contributed by atoms with Crippen molar-refractivity contribution in [2.45, 2.75) is 51.2 Å². The quantitative estimate of drug-likeness (QED) is 0.190. The van der Waals surface area contributed by atoms with Crippen LogP contribution in [0.1, 0.15) is 29.7 Å². The van der Waals surface area contributed by atoms with Gasteiger partial charge in [-0.05, 0) is 24.6 Å². The van der Waals surface area contributed by atoms with Crippen LogP contribution in [-0.2, 0) is 16.1 Å². The summed E-state index contributed by atoms with van der Waals surface area (Å²) in [5, 5.41) is 8.10. The molecule has 9 nitrogen and oxygen atoms in total. The SMILES string of the molecule is BBB(B)B(B(B)B)B1CC1CNC(=O)[C@@H]1C[C@@H](F)CN1C(=O)Cn1nc(C(C)=O)c2cc(-c3cnc(C)nc3)ccc21. The van der Waals surface area contributed by atoms with Crippen molar-refractivity contribution in [3.05, 3.63) is 42.1 Å². The number of hydrogen-bond donors (Lipinski definition) is 1. The molecule has 2 amide bonds. The van der Waals surface area contributed by atoms with Crippen LogP contribution in [0.15, 0.2) is 30.6 Å². The van der Waals surface area contributed by atoms with Crippen LogP contribution in [0.4, 0.5) is 4.39 Å². The zero-order chi connectivity index (χ0) is 31.0. The molecule has 2 fully saturated rings. The Hall–Kier alpha value is -3.11. The molecule has 1 N–H and O–H groups in total. The molecule has 2 saturated heterocycles. The maximum Gasteiger partial charge on any atom is 0.245 e. The standard InChI is InChI=1S/C24H34B9FN6O3/c1-13(41)23-19-5-15(16-8-35-14(2)36-9-16)3-4-20(19)40(38-23)12-22(42)39-11-18(34)6-21(39)24(43)37-10-17-7-30(17)33(31(26)27)32(28)29-25/h3-5,8-9,17-18,21,29H,6-7,10-12,25-28H2,1-2H3,(H,37,43)/t17?,18-,21+/m1/s1. The van der Waals surface area contributed by atoms with Gasteiger partial charge in [0, 0.05) is 69.4 Å². The van der Waals surface area contributed by atoms with Crippen molar-refractivity contribution >= 4 is 92.3 Å². The highest BCUT2D eigenvalue weighted by atomic mass is 19.1. The first-order valence-electron chi connectivity index (χ1n) is 15.5. The number of nitrogens with zero attached hydrogens (tertiary/aromatic N) is 5. The molecular formula is C24H34B9FN6O3. The number of amides is 2. The van der Waals surface area contributed by atoms with Crippen molar-refractivity contribution in [1.82, 2.24) is 30.0 Å². The van der Waals surface area contributed by atoms with Gasteiger partial charge in [-0.3, -0.25) is 19.1 Å². The first kappa shape index (κ1) is 31.3. The highest BCUT2D eigenvalue weighted by Crippen LogP contribution is 2.38. The van der Waals surface area contributed by atoms with Gasteiger partial charge in [-0.2, -0.15) is 5.10 Å². The van der Waals surface area contributed by atoms with Crippen LogP contribution < -0.4 is 5.32 Å². The van der Waals surface area contributed by atoms with Crippen LogP contribution in [0, 0.1) is 6.92 Å². The Labute approximate surface area is 258 Å². The van der Waals surface area contributed by atoms with E-state index in [0.717, 1.165) is 24.5 Å². The van der Waals surface area contributed by atoms with Crippen molar-refractivity contribution in [3.8, 4) is 11.1 Å². The zero-order valence-corrected chi connectivity index (χ0v) is 26.0. The molecule has 19 heteroatoms. The summed E-state index contributed by atoms with van der Waals surface area (Å²) in [6.45, 7) is 4.04. The van der Waals surface area contributed by atoms with Gasteiger partial charge in [-0.25, -0.2) is 14.4 Å². The van der Waals surface area contributed by atoms with Gasteiger partial charge in [-0.15, -0.1) is 0 Å². The highest BCUT2D eigenvalue weighted by molar-refractivity contribution is 7.96. The maximum atomic E-state index is 14.6. The van der Waals surface area contributed by atoms with Crippen LogP contribution in [0.3, 0.4) is 0 Å². The number of rotatable bonds is 11. The number of benzene rings is 1. The molecule has 4 heterocycles. The van der Waals surface area contributed by atoms with E-state index in [-0.39, 0.29) is 36.9 Å². The first-order valence-corrected chi connectivity index (χ1v) is 15.5. The zero-order valence-electron chi connectivity index (χ0n) is 26.0. The molecule has 0 spiro atoms. The second-order valence-corrected chi connectivity index (χ2v) is 12.8. The molecule has 0 aliphatic carbocycles. The van der Waals surface area contributed by atoms with Crippen molar-refractivity contribution in [2.75, 3.05) is 13.1 Å². The molecule has 1 unspecified atom stereocenters. The molecule has 0 saturated carbocycles. The number of nitrogens with one attached hydrogen (secondary N) is 1. The number of likely N-dealkylation sites (tertiary alicyclic amines) is 1. The molecule has 43 heavy (non-hydrogen) atoms. The van der Waals surface area contributed by atoms with Gasteiger partial charge in [0.05, 0.1) is 49.6 Å². The molecule has 0 bridgehead atoms. The largest absolute Gasteiger partial charge is 0.355 e. The van der Waals surface area contributed by atoms with Crippen molar-refractivity contribution in [2.24, 2.45) is 0 Å². The first-order chi connectivity index (χ1) is 20.5. The normalized spacial score (nSPS) is 19.3. The van der Waals surface area contributed by atoms with Gasteiger partial charge in [-0.1, -0.05) is 18.2 Å². The topological polar surface area (TPSA) is 110 Å². The number of fused-ring (bicyclic) bond motifs is 1. The summed E-state index contributed by atoms with van der Waals surface area (Å²) in [7, 11) is 10.2. The van der Waals surface area contributed by atoms with Crippen LogP contribution in [0.2, 0.25) is 12.1 Å². The van der Waals surface area contributed by atoms with E-state index in [0.29, 0.717) is 54.8 Å². The van der Waals surface area contributed by atoms with Gasteiger partial charge in [0.2, 0.25) is 11.8 Å². The molecule has 5 rings (SSSR count). The average Bonchev–Trinajstić information content (AvgIpc) is 3.46. The summed E-state index contributed by atoms with van der Waals surface area (Å²) in [5.41, 5.74) is 2.46. The minimum atomic E-state index is -1.27. The van der Waals surface area contributed by atoms with Gasteiger partial charge in [0.1, 0.15) is 30.3 Å². The molecular weight excluding hydrogens is 537 g/mol. The average molecular weight is 571 g/mol. The Morgan fingerprint density at radius 2 is 1.91 bits per heavy atom. The molecule has 3 atom stereocenters. The third-order valence-corrected chi connectivity index (χ3v) is 9.44. The van der Waals surface area contributed by atoms with Crippen molar-refractivity contribution in [3.63, 3.8) is 0 Å². The van der Waals surface area contributed by atoms with Gasteiger partial charge in [0.15, 0.2) is 5.78 Å². The molecule has 3 aromatic rings. The summed E-state index contributed by atoms with van der Waals surface area (Å²) in [6, 6.07) is 4.65. The van der Waals surface area contributed by atoms with Gasteiger partial charge < -0.3 is 10.2 Å². The summed E-state index contributed by atoms with van der Waals surface area (Å²) in [4.78, 5) is 49.1. The molecule has 2 aliphatic heterocycles. The van der Waals surface area contributed by atoms with Crippen molar-refractivity contribution < 1.29 is 18.8 Å². The lowest BCUT2D eigenvalue weighted by Gasteiger charge is -2.24. The number of carbonyl (C=O) groups excluding carboxylic acids is 3. The predicted molar refractivity (Wildman–Crippen MR) is 186 cm³/mol. The third kappa shape index (κ3) is 6.70. The maximum absolute atomic E-state index is 14.6. The Kier molecular flexibility index (Phi) is 9.37.